The van der Waals surface area contributed by atoms with Crippen molar-refractivity contribution in [3.63, 3.8) is 0 Å². The maximum Gasteiger partial charge on any atom is 0.0505 e. The van der Waals surface area contributed by atoms with E-state index in [0.29, 0.717) is 10.7 Å². The molecule has 2 atom stereocenters. The first-order valence-corrected chi connectivity index (χ1v) is 6.55. The average Bonchev–Trinajstić information content (AvgIpc) is 2.20. The number of halogens is 1. The van der Waals surface area contributed by atoms with Crippen LogP contribution in [0, 0.1) is 5.92 Å². The highest BCUT2D eigenvalue weighted by atomic mass is 79.9. The van der Waals surface area contributed by atoms with Gasteiger partial charge in [-0.05, 0) is 25.2 Å². The first kappa shape index (κ1) is 12.5. The van der Waals surface area contributed by atoms with Crippen LogP contribution in [0.15, 0.2) is 0 Å². The van der Waals surface area contributed by atoms with Crippen LogP contribution >= 0.6 is 15.9 Å². The van der Waals surface area contributed by atoms with Crippen molar-refractivity contribution < 1.29 is 9.47 Å². The van der Waals surface area contributed by atoms with Gasteiger partial charge in [0.15, 0.2) is 0 Å². The zero-order chi connectivity index (χ0) is 10.2. The topological polar surface area (TPSA) is 18.5 Å². The number of hydrogen-bond acceptors (Lipinski definition) is 2. The summed E-state index contributed by atoms with van der Waals surface area (Å²) in [6.45, 7) is 5.79. The molecule has 14 heavy (non-hydrogen) atoms. The smallest absolute Gasteiger partial charge is 0.0505 e. The van der Waals surface area contributed by atoms with Crippen LogP contribution in [0.1, 0.15) is 32.6 Å². The summed E-state index contributed by atoms with van der Waals surface area (Å²) in [6.07, 6.45) is 4.66. The quantitative estimate of drug-likeness (QED) is 0.543. The van der Waals surface area contributed by atoms with E-state index in [4.69, 9.17) is 9.47 Å². The first-order valence-electron chi connectivity index (χ1n) is 5.64. The van der Waals surface area contributed by atoms with Gasteiger partial charge in [0.1, 0.15) is 0 Å². The molecule has 0 radical (unpaired) electrons. The molecule has 0 amide bonds. The Morgan fingerprint density at radius 1 is 1.43 bits per heavy atom. The van der Waals surface area contributed by atoms with Gasteiger partial charge in [-0.25, -0.2) is 0 Å². The number of unbranched alkanes of at least 4 members (excludes halogenated alkanes) is 1. The van der Waals surface area contributed by atoms with Crippen molar-refractivity contribution in [2.45, 2.75) is 37.4 Å². The van der Waals surface area contributed by atoms with E-state index in [1.165, 1.54) is 12.8 Å². The van der Waals surface area contributed by atoms with Gasteiger partial charge in [-0.1, -0.05) is 29.3 Å². The van der Waals surface area contributed by atoms with Crippen LogP contribution in [0.4, 0.5) is 0 Å². The molecule has 1 fully saturated rings. The van der Waals surface area contributed by atoms with E-state index in [0.717, 1.165) is 39.3 Å². The zero-order valence-corrected chi connectivity index (χ0v) is 10.6. The molecule has 3 heteroatoms. The van der Waals surface area contributed by atoms with Crippen LogP contribution < -0.4 is 0 Å². The molecule has 1 rings (SSSR count). The molecule has 0 bridgehead atoms. The van der Waals surface area contributed by atoms with Crippen molar-refractivity contribution in [3.8, 4) is 0 Å². The highest BCUT2D eigenvalue weighted by Gasteiger charge is 2.22. The minimum Gasteiger partial charge on any atom is -0.381 e. The molecule has 2 nitrogen and oxygen atoms in total. The lowest BCUT2D eigenvalue weighted by molar-refractivity contribution is 0.0388. The molecule has 0 saturated carbocycles. The average molecular weight is 265 g/mol. The van der Waals surface area contributed by atoms with E-state index in [1.807, 2.05) is 0 Å². The molecule has 2 unspecified atom stereocenters. The van der Waals surface area contributed by atoms with E-state index >= 15 is 0 Å². The lowest BCUT2D eigenvalue weighted by Gasteiger charge is -2.27. The number of rotatable bonds is 6. The van der Waals surface area contributed by atoms with Crippen molar-refractivity contribution in [2.75, 3.05) is 26.4 Å². The molecule has 0 aromatic heterocycles. The predicted octanol–water partition coefficient (Wildman–Crippen LogP) is 2.99. The second kappa shape index (κ2) is 7.66. The minimum absolute atomic E-state index is 0.631. The summed E-state index contributed by atoms with van der Waals surface area (Å²) in [6, 6.07) is 0. The maximum atomic E-state index is 5.55. The molecule has 1 heterocycles. The van der Waals surface area contributed by atoms with E-state index in [9.17, 15) is 0 Å². The van der Waals surface area contributed by atoms with Crippen LogP contribution in [0.25, 0.3) is 0 Å². The lowest BCUT2D eigenvalue weighted by Crippen LogP contribution is -2.28. The van der Waals surface area contributed by atoms with E-state index < -0.39 is 0 Å². The largest absolute Gasteiger partial charge is 0.381 e. The van der Waals surface area contributed by atoms with Crippen molar-refractivity contribution in [2.24, 2.45) is 5.92 Å². The van der Waals surface area contributed by atoms with Crippen molar-refractivity contribution in [1.82, 2.24) is 0 Å². The van der Waals surface area contributed by atoms with E-state index in [2.05, 4.69) is 22.9 Å². The Balaban J connectivity index is 1.99. The molecular weight excluding hydrogens is 244 g/mol. The number of alkyl halides is 1. The highest BCUT2D eigenvalue weighted by Crippen LogP contribution is 2.24. The van der Waals surface area contributed by atoms with Gasteiger partial charge in [-0.3, -0.25) is 0 Å². The molecule has 1 aliphatic heterocycles. The van der Waals surface area contributed by atoms with Gasteiger partial charge in [0.25, 0.3) is 0 Å². The monoisotopic (exact) mass is 264 g/mol. The predicted molar refractivity (Wildman–Crippen MR) is 62.0 cm³/mol. The Morgan fingerprint density at radius 3 is 3.00 bits per heavy atom. The second-order valence-electron chi connectivity index (χ2n) is 3.89. The van der Waals surface area contributed by atoms with Gasteiger partial charge >= 0.3 is 0 Å². The van der Waals surface area contributed by atoms with Crippen LogP contribution in [0.5, 0.6) is 0 Å². The Labute approximate surface area is 95.5 Å². The van der Waals surface area contributed by atoms with Crippen LogP contribution in [0.3, 0.4) is 0 Å². The van der Waals surface area contributed by atoms with Crippen LogP contribution in [0.2, 0.25) is 0 Å². The fraction of sp³-hybridized carbons (Fsp3) is 1.00. The number of ether oxygens (including phenoxy) is 2. The number of hydrogen-bond donors (Lipinski definition) is 0. The van der Waals surface area contributed by atoms with Crippen molar-refractivity contribution >= 4 is 15.9 Å². The molecule has 1 aliphatic rings. The summed E-state index contributed by atoms with van der Waals surface area (Å²) < 4.78 is 11.0. The Kier molecular flexibility index (Phi) is 6.82. The fourth-order valence-electron chi connectivity index (χ4n) is 1.62. The SMILES string of the molecule is CCCCOCCC1COCCC1Br. The summed E-state index contributed by atoms with van der Waals surface area (Å²) in [5.41, 5.74) is 0. The molecule has 0 aromatic carbocycles. The molecule has 0 spiro atoms. The Hall–Kier alpha value is 0.400. The van der Waals surface area contributed by atoms with E-state index in [1.54, 1.807) is 0 Å². The van der Waals surface area contributed by atoms with Crippen molar-refractivity contribution in [1.29, 1.82) is 0 Å². The van der Waals surface area contributed by atoms with Crippen molar-refractivity contribution in [3.05, 3.63) is 0 Å². The Bertz CT molecular complexity index is 141. The van der Waals surface area contributed by atoms with Crippen LogP contribution in [-0.4, -0.2) is 31.3 Å². The fourth-order valence-corrected chi connectivity index (χ4v) is 2.22. The first-order chi connectivity index (χ1) is 6.84. The molecule has 0 N–H and O–H groups in total. The summed E-state index contributed by atoms with van der Waals surface area (Å²) in [4.78, 5) is 0.631. The zero-order valence-electron chi connectivity index (χ0n) is 9.01. The third-order valence-corrected chi connectivity index (χ3v) is 3.86. The lowest BCUT2D eigenvalue weighted by atomic mass is 9.99. The van der Waals surface area contributed by atoms with Gasteiger partial charge in [-0.2, -0.15) is 0 Å². The highest BCUT2D eigenvalue weighted by molar-refractivity contribution is 9.09. The van der Waals surface area contributed by atoms with Gasteiger partial charge in [0, 0.05) is 24.6 Å². The molecule has 84 valence electrons. The summed E-state index contributed by atoms with van der Waals surface area (Å²) in [5.74, 6) is 0.644. The summed E-state index contributed by atoms with van der Waals surface area (Å²) in [7, 11) is 0. The summed E-state index contributed by atoms with van der Waals surface area (Å²) >= 11 is 3.70. The third kappa shape index (κ3) is 4.76. The Morgan fingerprint density at radius 2 is 2.29 bits per heavy atom. The third-order valence-electron chi connectivity index (χ3n) is 2.66. The second-order valence-corrected chi connectivity index (χ2v) is 5.07. The standard InChI is InChI=1S/C11H21BrO2/c1-2-3-6-13-7-4-10-9-14-8-5-11(10)12/h10-11H,2-9H2,1H3. The maximum absolute atomic E-state index is 5.55. The van der Waals surface area contributed by atoms with Gasteiger partial charge in [0.05, 0.1) is 6.61 Å². The van der Waals surface area contributed by atoms with E-state index in [-0.39, 0.29) is 0 Å². The molecule has 0 aliphatic carbocycles. The summed E-state index contributed by atoms with van der Waals surface area (Å²) in [5, 5.41) is 0. The molecular formula is C11H21BrO2. The van der Waals surface area contributed by atoms with Gasteiger partial charge in [0.2, 0.25) is 0 Å². The minimum atomic E-state index is 0.631. The normalized spacial score (nSPS) is 27.9. The van der Waals surface area contributed by atoms with Gasteiger partial charge < -0.3 is 9.47 Å². The molecule has 1 saturated heterocycles. The van der Waals surface area contributed by atoms with Gasteiger partial charge in [-0.15, -0.1) is 0 Å². The molecule has 0 aromatic rings. The van der Waals surface area contributed by atoms with Crippen LogP contribution in [-0.2, 0) is 9.47 Å².